The van der Waals surface area contributed by atoms with Crippen LogP contribution in [-0.4, -0.2) is 24.9 Å². The third-order valence-corrected chi connectivity index (χ3v) is 4.93. The number of aryl methyl sites for hydroxylation is 1. The zero-order chi connectivity index (χ0) is 19.4. The minimum atomic E-state index is -0.684. The molecule has 1 aliphatic rings. The molecule has 0 saturated heterocycles. The molecule has 0 aromatic heterocycles. The van der Waals surface area contributed by atoms with Crippen LogP contribution >= 0.6 is 0 Å². The fourth-order valence-corrected chi connectivity index (χ4v) is 3.42. The topological polar surface area (TPSA) is 64.6 Å². The van der Waals surface area contributed by atoms with Crippen LogP contribution in [0.3, 0.4) is 0 Å². The number of hydrogen-bond acceptors (Lipinski definition) is 4. The number of methoxy groups -OCH3 is 1. The number of rotatable bonds is 6. The number of benzene rings is 2. The van der Waals surface area contributed by atoms with Gasteiger partial charge in [0, 0.05) is 5.56 Å². The maximum absolute atomic E-state index is 12.7. The Balaban J connectivity index is 1.69. The van der Waals surface area contributed by atoms with Gasteiger partial charge < -0.3 is 14.8 Å². The summed E-state index contributed by atoms with van der Waals surface area (Å²) in [7, 11) is 1.51. The monoisotopic (exact) mass is 367 g/mol. The second kappa shape index (κ2) is 8.25. The van der Waals surface area contributed by atoms with Gasteiger partial charge in [0.2, 0.25) is 0 Å². The summed E-state index contributed by atoms with van der Waals surface area (Å²) < 4.78 is 11.1. The number of carbonyl (C=O) groups is 2. The van der Waals surface area contributed by atoms with Crippen LogP contribution in [0.2, 0.25) is 0 Å². The minimum Gasteiger partial charge on any atom is -0.493 e. The quantitative estimate of drug-likeness (QED) is 0.788. The molecule has 0 heterocycles. The Morgan fingerprint density at radius 3 is 2.67 bits per heavy atom. The van der Waals surface area contributed by atoms with E-state index in [0.717, 1.165) is 19.3 Å². The van der Waals surface area contributed by atoms with Gasteiger partial charge in [0.25, 0.3) is 5.91 Å². The Bertz CT molecular complexity index is 846. The maximum atomic E-state index is 12.7. The van der Waals surface area contributed by atoms with Crippen molar-refractivity contribution < 1.29 is 19.1 Å². The van der Waals surface area contributed by atoms with Crippen molar-refractivity contribution in [2.24, 2.45) is 0 Å². The van der Waals surface area contributed by atoms with Crippen molar-refractivity contribution in [3.63, 3.8) is 0 Å². The van der Waals surface area contributed by atoms with Crippen molar-refractivity contribution >= 4 is 11.7 Å². The highest BCUT2D eigenvalue weighted by atomic mass is 16.5. The van der Waals surface area contributed by atoms with Crippen molar-refractivity contribution in [1.82, 2.24) is 5.32 Å². The molecule has 5 nitrogen and oxygen atoms in total. The van der Waals surface area contributed by atoms with Crippen molar-refractivity contribution in [2.45, 2.75) is 45.3 Å². The Morgan fingerprint density at radius 1 is 1.15 bits per heavy atom. The smallest absolute Gasteiger partial charge is 0.261 e. The lowest BCUT2D eigenvalue weighted by Crippen LogP contribution is -2.39. The Labute approximate surface area is 159 Å². The number of fused-ring (bicyclic) bond motifs is 1. The summed E-state index contributed by atoms with van der Waals surface area (Å²) in [5.74, 6) is 0.649. The normalized spacial score (nSPS) is 16.8. The van der Waals surface area contributed by atoms with E-state index >= 15 is 0 Å². The molecule has 2 atom stereocenters. The highest BCUT2D eigenvalue weighted by Crippen LogP contribution is 2.31. The number of ketones is 1. The molecule has 1 aliphatic carbocycles. The van der Waals surface area contributed by atoms with Crippen LogP contribution in [-0.2, 0) is 11.2 Å². The molecule has 27 heavy (non-hydrogen) atoms. The van der Waals surface area contributed by atoms with Gasteiger partial charge in [0.15, 0.2) is 23.4 Å². The Hall–Kier alpha value is -2.82. The van der Waals surface area contributed by atoms with Crippen molar-refractivity contribution in [3.05, 3.63) is 59.2 Å². The standard InChI is InChI=1S/C22H25NO4/c1-14(24)17-11-12-20(21(13-17)26-3)27-15(2)22(25)23-19-10-6-8-16-7-4-5-9-18(16)19/h4-5,7,9,11-13,15,19H,6,8,10H2,1-3H3,(H,23,25)/t15-,19-/m0/s1. The molecule has 3 rings (SSSR count). The van der Waals surface area contributed by atoms with Crippen LogP contribution in [0.25, 0.3) is 0 Å². The van der Waals surface area contributed by atoms with Crippen LogP contribution in [0, 0.1) is 0 Å². The third kappa shape index (κ3) is 4.30. The number of amides is 1. The van der Waals surface area contributed by atoms with Crippen LogP contribution in [0.15, 0.2) is 42.5 Å². The lowest BCUT2D eigenvalue weighted by molar-refractivity contribution is -0.128. The highest BCUT2D eigenvalue weighted by molar-refractivity contribution is 5.94. The van der Waals surface area contributed by atoms with Gasteiger partial charge in [0.1, 0.15) is 0 Å². The number of hydrogen-bond donors (Lipinski definition) is 1. The molecule has 0 saturated carbocycles. The van der Waals surface area contributed by atoms with Crippen LogP contribution < -0.4 is 14.8 Å². The molecular weight excluding hydrogens is 342 g/mol. The Kier molecular flexibility index (Phi) is 5.79. The van der Waals surface area contributed by atoms with Gasteiger partial charge in [-0.05, 0) is 62.4 Å². The average molecular weight is 367 g/mol. The van der Waals surface area contributed by atoms with E-state index in [0.29, 0.717) is 17.1 Å². The molecule has 0 radical (unpaired) electrons. The first kappa shape index (κ1) is 19.0. The van der Waals surface area contributed by atoms with E-state index < -0.39 is 6.10 Å². The van der Waals surface area contributed by atoms with Gasteiger partial charge in [0.05, 0.1) is 13.2 Å². The molecule has 0 aliphatic heterocycles. The fourth-order valence-electron chi connectivity index (χ4n) is 3.42. The number of ether oxygens (including phenoxy) is 2. The molecule has 0 fully saturated rings. The summed E-state index contributed by atoms with van der Waals surface area (Å²) in [5.41, 5.74) is 3.02. The van der Waals surface area contributed by atoms with Crippen molar-refractivity contribution in [1.29, 1.82) is 0 Å². The maximum Gasteiger partial charge on any atom is 0.261 e. The molecule has 0 spiro atoms. The molecule has 1 amide bonds. The van der Waals surface area contributed by atoms with Gasteiger partial charge >= 0.3 is 0 Å². The van der Waals surface area contributed by atoms with E-state index in [2.05, 4.69) is 17.4 Å². The van der Waals surface area contributed by atoms with Crippen LogP contribution in [0.4, 0.5) is 0 Å². The SMILES string of the molecule is COc1cc(C(C)=O)ccc1O[C@@H](C)C(=O)N[C@H]1CCCc2ccccc21. The van der Waals surface area contributed by atoms with E-state index in [1.165, 1.54) is 25.2 Å². The Morgan fingerprint density at radius 2 is 1.93 bits per heavy atom. The molecule has 2 aromatic carbocycles. The van der Waals surface area contributed by atoms with Gasteiger partial charge in [-0.2, -0.15) is 0 Å². The van der Waals surface area contributed by atoms with E-state index in [9.17, 15) is 9.59 Å². The van der Waals surface area contributed by atoms with E-state index in [1.54, 1.807) is 25.1 Å². The van der Waals surface area contributed by atoms with Crippen molar-refractivity contribution in [2.75, 3.05) is 7.11 Å². The third-order valence-electron chi connectivity index (χ3n) is 4.93. The lowest BCUT2D eigenvalue weighted by Gasteiger charge is -2.27. The zero-order valence-electron chi connectivity index (χ0n) is 16.0. The lowest BCUT2D eigenvalue weighted by atomic mass is 9.87. The zero-order valence-corrected chi connectivity index (χ0v) is 16.0. The van der Waals surface area contributed by atoms with Gasteiger partial charge in [-0.25, -0.2) is 0 Å². The first-order valence-corrected chi connectivity index (χ1v) is 9.23. The first-order valence-electron chi connectivity index (χ1n) is 9.23. The second-order valence-electron chi connectivity index (χ2n) is 6.83. The largest absolute Gasteiger partial charge is 0.493 e. The molecular formula is C22H25NO4. The van der Waals surface area contributed by atoms with Crippen LogP contribution in [0.5, 0.6) is 11.5 Å². The summed E-state index contributed by atoms with van der Waals surface area (Å²) in [6.07, 6.45) is 2.34. The minimum absolute atomic E-state index is 0.00971. The van der Waals surface area contributed by atoms with E-state index in [4.69, 9.17) is 9.47 Å². The average Bonchev–Trinajstić information content (AvgIpc) is 2.68. The summed E-state index contributed by atoms with van der Waals surface area (Å²) in [5, 5.41) is 3.10. The molecule has 2 aromatic rings. The number of nitrogens with one attached hydrogen (secondary N) is 1. The van der Waals surface area contributed by atoms with Gasteiger partial charge in [-0.1, -0.05) is 24.3 Å². The fraction of sp³-hybridized carbons (Fsp3) is 0.364. The van der Waals surface area contributed by atoms with E-state index in [-0.39, 0.29) is 17.7 Å². The van der Waals surface area contributed by atoms with E-state index in [1.807, 2.05) is 12.1 Å². The summed E-state index contributed by atoms with van der Waals surface area (Å²) in [6, 6.07) is 13.2. The van der Waals surface area contributed by atoms with Crippen LogP contribution in [0.1, 0.15) is 54.2 Å². The number of carbonyl (C=O) groups excluding carboxylic acids is 2. The number of Topliss-reactive ketones (excluding diaryl/α,β-unsaturated/α-hetero) is 1. The summed E-state index contributed by atoms with van der Waals surface area (Å²) in [4.78, 5) is 24.2. The molecule has 142 valence electrons. The highest BCUT2D eigenvalue weighted by Gasteiger charge is 2.25. The summed E-state index contributed by atoms with van der Waals surface area (Å²) in [6.45, 7) is 3.20. The molecule has 5 heteroatoms. The first-order chi connectivity index (χ1) is 13.0. The summed E-state index contributed by atoms with van der Waals surface area (Å²) >= 11 is 0. The van der Waals surface area contributed by atoms with Crippen molar-refractivity contribution in [3.8, 4) is 11.5 Å². The molecule has 0 unspecified atom stereocenters. The van der Waals surface area contributed by atoms with Gasteiger partial charge in [-0.15, -0.1) is 0 Å². The van der Waals surface area contributed by atoms with Gasteiger partial charge in [-0.3, -0.25) is 9.59 Å². The molecule has 1 N–H and O–H groups in total. The predicted octanol–water partition coefficient (Wildman–Crippen LogP) is 3.86. The second-order valence-corrected chi connectivity index (χ2v) is 6.83. The molecule has 0 bridgehead atoms. The predicted molar refractivity (Wildman–Crippen MR) is 103 cm³/mol.